The van der Waals surface area contributed by atoms with Crippen molar-refractivity contribution in [3.63, 3.8) is 0 Å². The molecule has 1 aromatic rings. The van der Waals surface area contributed by atoms with E-state index in [1.54, 1.807) is 12.4 Å². The Morgan fingerprint density at radius 1 is 1.28 bits per heavy atom. The number of nitrogens with zero attached hydrogens (tertiary/aromatic N) is 1. The van der Waals surface area contributed by atoms with Crippen molar-refractivity contribution in [3.8, 4) is 0 Å². The van der Waals surface area contributed by atoms with Gasteiger partial charge in [0.15, 0.2) is 0 Å². The van der Waals surface area contributed by atoms with Crippen molar-refractivity contribution < 1.29 is 9.90 Å². The molecule has 1 saturated carbocycles. The highest BCUT2D eigenvalue weighted by Crippen LogP contribution is 2.28. The van der Waals surface area contributed by atoms with E-state index in [1.165, 1.54) is 0 Å². The number of aromatic nitrogens is 1. The number of hydrogen-bond donors (Lipinski definition) is 2. The van der Waals surface area contributed by atoms with E-state index in [0.717, 1.165) is 31.2 Å². The summed E-state index contributed by atoms with van der Waals surface area (Å²) >= 11 is 0. The third-order valence-corrected chi connectivity index (χ3v) is 3.69. The summed E-state index contributed by atoms with van der Waals surface area (Å²) in [7, 11) is 0. The second-order valence-electron chi connectivity index (χ2n) is 4.97. The van der Waals surface area contributed by atoms with Gasteiger partial charge in [0.25, 0.3) is 0 Å². The molecule has 1 fully saturated rings. The van der Waals surface area contributed by atoms with Gasteiger partial charge in [0.2, 0.25) is 5.91 Å². The van der Waals surface area contributed by atoms with Crippen LogP contribution < -0.4 is 5.32 Å². The molecule has 0 unspecified atom stereocenters. The van der Waals surface area contributed by atoms with E-state index in [4.69, 9.17) is 5.11 Å². The lowest BCUT2D eigenvalue weighted by molar-refractivity contribution is -0.126. The number of carbonyl (C=O) groups excluding carboxylic acids is 1. The van der Waals surface area contributed by atoms with Gasteiger partial charge in [-0.3, -0.25) is 9.78 Å². The molecule has 0 saturated heterocycles. The Kier molecular flexibility index (Phi) is 4.70. The summed E-state index contributed by atoms with van der Waals surface area (Å²) in [5.74, 6) is 0.659. The summed E-state index contributed by atoms with van der Waals surface area (Å²) < 4.78 is 0. The molecule has 1 aliphatic rings. The van der Waals surface area contributed by atoms with Crippen molar-refractivity contribution in [2.45, 2.75) is 32.2 Å². The van der Waals surface area contributed by atoms with Gasteiger partial charge < -0.3 is 10.4 Å². The van der Waals surface area contributed by atoms with E-state index < -0.39 is 0 Å². The lowest BCUT2D eigenvalue weighted by Crippen LogP contribution is -2.33. The Hall–Kier alpha value is -1.42. The van der Waals surface area contributed by atoms with E-state index in [1.807, 2.05) is 12.1 Å². The number of pyridine rings is 1. The van der Waals surface area contributed by atoms with Crippen molar-refractivity contribution in [1.82, 2.24) is 10.3 Å². The number of aliphatic hydroxyl groups excluding tert-OH is 1. The van der Waals surface area contributed by atoms with Gasteiger partial charge in [0.05, 0.1) is 0 Å². The number of carbonyl (C=O) groups is 1. The molecule has 1 aliphatic carbocycles. The third kappa shape index (κ3) is 3.53. The van der Waals surface area contributed by atoms with Crippen LogP contribution in [0.25, 0.3) is 0 Å². The molecule has 1 amide bonds. The van der Waals surface area contributed by atoms with Crippen LogP contribution in [-0.4, -0.2) is 22.6 Å². The number of aliphatic hydroxyl groups is 1. The lowest BCUT2D eigenvalue weighted by atomic mass is 9.82. The van der Waals surface area contributed by atoms with E-state index >= 15 is 0 Å². The largest absolute Gasteiger partial charge is 0.396 e. The first kappa shape index (κ1) is 13.0. The van der Waals surface area contributed by atoms with Gasteiger partial charge >= 0.3 is 0 Å². The van der Waals surface area contributed by atoms with Crippen molar-refractivity contribution in [2.75, 3.05) is 6.61 Å². The Bertz CT molecular complexity index is 373. The average Bonchev–Trinajstić information content (AvgIpc) is 2.46. The van der Waals surface area contributed by atoms with Crippen LogP contribution in [-0.2, 0) is 11.3 Å². The minimum Gasteiger partial charge on any atom is -0.396 e. The highest BCUT2D eigenvalue weighted by Gasteiger charge is 2.25. The number of rotatable bonds is 4. The summed E-state index contributed by atoms with van der Waals surface area (Å²) in [5, 5.41) is 12.0. The monoisotopic (exact) mass is 248 g/mol. The summed E-state index contributed by atoms with van der Waals surface area (Å²) in [6, 6.07) is 3.81. The van der Waals surface area contributed by atoms with Gasteiger partial charge in [-0.2, -0.15) is 0 Å². The van der Waals surface area contributed by atoms with E-state index in [-0.39, 0.29) is 18.4 Å². The fourth-order valence-corrected chi connectivity index (χ4v) is 2.44. The van der Waals surface area contributed by atoms with Crippen LogP contribution in [0.3, 0.4) is 0 Å². The zero-order chi connectivity index (χ0) is 12.8. The highest BCUT2D eigenvalue weighted by atomic mass is 16.3. The molecular formula is C14H20N2O2. The maximum absolute atomic E-state index is 12.0. The van der Waals surface area contributed by atoms with Crippen LogP contribution in [0.15, 0.2) is 24.5 Å². The molecule has 0 aromatic carbocycles. The number of amides is 1. The molecule has 0 bridgehead atoms. The predicted molar refractivity (Wildman–Crippen MR) is 68.6 cm³/mol. The number of nitrogens with one attached hydrogen (secondary N) is 1. The molecule has 0 atom stereocenters. The molecule has 18 heavy (non-hydrogen) atoms. The Labute approximate surface area is 107 Å². The average molecular weight is 248 g/mol. The van der Waals surface area contributed by atoms with Crippen LogP contribution in [0.4, 0.5) is 0 Å². The summed E-state index contributed by atoms with van der Waals surface area (Å²) in [5.41, 5.74) is 1.07. The predicted octanol–water partition coefficient (Wildman–Crippen LogP) is 1.50. The summed E-state index contributed by atoms with van der Waals surface area (Å²) in [4.78, 5) is 15.9. The molecule has 98 valence electrons. The lowest BCUT2D eigenvalue weighted by Gasteiger charge is -2.26. The molecule has 0 spiro atoms. The topological polar surface area (TPSA) is 62.2 Å². The first-order valence-corrected chi connectivity index (χ1v) is 6.57. The second kappa shape index (κ2) is 6.50. The maximum atomic E-state index is 12.0. The molecule has 1 aromatic heterocycles. The molecule has 2 rings (SSSR count). The van der Waals surface area contributed by atoms with Gasteiger partial charge in [0.1, 0.15) is 0 Å². The van der Waals surface area contributed by atoms with Gasteiger partial charge in [-0.15, -0.1) is 0 Å². The molecule has 0 radical (unpaired) electrons. The standard InChI is InChI=1S/C14H20N2O2/c17-10-12-1-3-13(4-2-12)14(18)16-9-11-5-7-15-8-6-11/h5-8,12-13,17H,1-4,9-10H2,(H,16,18). The molecule has 4 nitrogen and oxygen atoms in total. The van der Waals surface area contributed by atoms with Crippen LogP contribution in [0.2, 0.25) is 0 Å². The third-order valence-electron chi connectivity index (χ3n) is 3.69. The maximum Gasteiger partial charge on any atom is 0.223 e. The summed E-state index contributed by atoms with van der Waals surface area (Å²) in [6.45, 7) is 0.826. The van der Waals surface area contributed by atoms with Gasteiger partial charge in [-0.1, -0.05) is 0 Å². The van der Waals surface area contributed by atoms with Crippen molar-refractivity contribution in [2.24, 2.45) is 11.8 Å². The summed E-state index contributed by atoms with van der Waals surface area (Å²) in [6.07, 6.45) is 7.18. The molecule has 2 N–H and O–H groups in total. The first-order valence-electron chi connectivity index (χ1n) is 6.57. The molecule has 4 heteroatoms. The normalized spacial score (nSPS) is 23.6. The first-order chi connectivity index (χ1) is 8.79. The van der Waals surface area contributed by atoms with Gasteiger partial charge in [-0.05, 0) is 49.3 Å². The van der Waals surface area contributed by atoms with Crippen molar-refractivity contribution >= 4 is 5.91 Å². The van der Waals surface area contributed by atoms with Crippen molar-refractivity contribution in [3.05, 3.63) is 30.1 Å². The smallest absolute Gasteiger partial charge is 0.223 e. The van der Waals surface area contributed by atoms with Crippen LogP contribution in [0, 0.1) is 11.8 Å². The minimum absolute atomic E-state index is 0.120. The Morgan fingerprint density at radius 3 is 2.56 bits per heavy atom. The van der Waals surface area contributed by atoms with E-state index in [0.29, 0.717) is 12.5 Å². The van der Waals surface area contributed by atoms with E-state index in [9.17, 15) is 4.79 Å². The van der Waals surface area contributed by atoms with Crippen LogP contribution in [0.5, 0.6) is 0 Å². The quantitative estimate of drug-likeness (QED) is 0.848. The van der Waals surface area contributed by atoms with Crippen LogP contribution >= 0.6 is 0 Å². The number of hydrogen-bond acceptors (Lipinski definition) is 3. The SMILES string of the molecule is O=C(NCc1ccncc1)C1CCC(CO)CC1. The highest BCUT2D eigenvalue weighted by molar-refractivity contribution is 5.78. The fourth-order valence-electron chi connectivity index (χ4n) is 2.44. The zero-order valence-corrected chi connectivity index (χ0v) is 10.5. The molecule has 1 heterocycles. The molecule has 0 aliphatic heterocycles. The van der Waals surface area contributed by atoms with Gasteiger partial charge in [0, 0.05) is 31.5 Å². The zero-order valence-electron chi connectivity index (χ0n) is 10.5. The van der Waals surface area contributed by atoms with Gasteiger partial charge in [-0.25, -0.2) is 0 Å². The Morgan fingerprint density at radius 2 is 1.94 bits per heavy atom. The van der Waals surface area contributed by atoms with Crippen LogP contribution in [0.1, 0.15) is 31.2 Å². The Balaban J connectivity index is 1.75. The minimum atomic E-state index is 0.120. The second-order valence-corrected chi connectivity index (χ2v) is 4.97. The van der Waals surface area contributed by atoms with E-state index in [2.05, 4.69) is 10.3 Å². The van der Waals surface area contributed by atoms with Crippen molar-refractivity contribution in [1.29, 1.82) is 0 Å². The molecular weight excluding hydrogens is 228 g/mol. The fraction of sp³-hybridized carbons (Fsp3) is 0.571.